The number of rotatable bonds is 6. The number of benzene rings is 1. The van der Waals surface area contributed by atoms with Gasteiger partial charge in [0.05, 0.1) is 13.2 Å². The van der Waals surface area contributed by atoms with Gasteiger partial charge < -0.3 is 15.2 Å². The number of thioether (sulfide) groups is 1. The van der Waals surface area contributed by atoms with E-state index < -0.39 is 0 Å². The maximum absolute atomic E-state index is 6.03. The summed E-state index contributed by atoms with van der Waals surface area (Å²) in [5, 5.41) is 0. The molecular formula is C14H21NO2S. The Hall–Kier alpha value is -0.870. The first-order valence-electron chi connectivity index (χ1n) is 6.49. The van der Waals surface area contributed by atoms with Crippen molar-refractivity contribution < 1.29 is 9.47 Å². The Morgan fingerprint density at radius 2 is 1.94 bits per heavy atom. The second-order valence-corrected chi connectivity index (χ2v) is 5.55. The van der Waals surface area contributed by atoms with Crippen molar-refractivity contribution in [2.45, 2.75) is 19.4 Å². The van der Waals surface area contributed by atoms with Crippen LogP contribution >= 0.6 is 11.8 Å². The highest BCUT2D eigenvalue weighted by Gasteiger charge is 2.24. The third kappa shape index (κ3) is 3.56. The van der Waals surface area contributed by atoms with E-state index in [1.807, 2.05) is 43.0 Å². The van der Waals surface area contributed by atoms with Gasteiger partial charge >= 0.3 is 0 Å². The van der Waals surface area contributed by atoms with Gasteiger partial charge in [-0.2, -0.15) is 11.8 Å². The molecule has 0 aliphatic carbocycles. The molecule has 0 bridgehead atoms. The summed E-state index contributed by atoms with van der Waals surface area (Å²) < 4.78 is 11.3. The van der Waals surface area contributed by atoms with Crippen LogP contribution in [0.15, 0.2) is 24.3 Å². The highest BCUT2D eigenvalue weighted by molar-refractivity contribution is 7.99. The van der Waals surface area contributed by atoms with E-state index in [0.29, 0.717) is 25.2 Å². The van der Waals surface area contributed by atoms with Crippen LogP contribution in [0, 0.1) is 5.92 Å². The summed E-state index contributed by atoms with van der Waals surface area (Å²) in [6.45, 7) is 3.35. The monoisotopic (exact) mass is 267 g/mol. The van der Waals surface area contributed by atoms with Crippen LogP contribution in [0.1, 0.15) is 13.3 Å². The van der Waals surface area contributed by atoms with Crippen molar-refractivity contribution >= 4 is 11.8 Å². The minimum absolute atomic E-state index is 0.334. The fraction of sp³-hybridized carbons (Fsp3) is 0.571. The third-order valence-corrected chi connectivity index (χ3v) is 4.43. The maximum Gasteiger partial charge on any atom is 0.161 e. The van der Waals surface area contributed by atoms with Gasteiger partial charge in [0.15, 0.2) is 11.5 Å². The van der Waals surface area contributed by atoms with Crippen molar-refractivity contribution in [2.24, 2.45) is 11.7 Å². The molecular weight excluding hydrogens is 246 g/mol. The molecule has 1 fully saturated rings. The molecule has 18 heavy (non-hydrogen) atoms. The molecule has 3 nitrogen and oxygen atoms in total. The van der Waals surface area contributed by atoms with E-state index in [1.165, 1.54) is 0 Å². The minimum atomic E-state index is 0.334. The lowest BCUT2D eigenvalue weighted by Gasteiger charge is -2.16. The average Bonchev–Trinajstić information content (AvgIpc) is 2.78. The fourth-order valence-corrected chi connectivity index (χ4v) is 3.47. The highest BCUT2D eigenvalue weighted by atomic mass is 32.2. The van der Waals surface area contributed by atoms with Gasteiger partial charge in [-0.25, -0.2) is 0 Å². The summed E-state index contributed by atoms with van der Waals surface area (Å²) in [7, 11) is 0. The van der Waals surface area contributed by atoms with E-state index in [0.717, 1.165) is 29.4 Å². The number of para-hydroxylation sites is 2. The van der Waals surface area contributed by atoms with Crippen LogP contribution in [-0.2, 0) is 0 Å². The minimum Gasteiger partial charge on any atom is -0.490 e. The Morgan fingerprint density at radius 1 is 1.22 bits per heavy atom. The smallest absolute Gasteiger partial charge is 0.161 e. The van der Waals surface area contributed by atoms with Crippen molar-refractivity contribution in [1.29, 1.82) is 0 Å². The van der Waals surface area contributed by atoms with Crippen LogP contribution in [0.4, 0.5) is 0 Å². The molecule has 1 saturated heterocycles. The summed E-state index contributed by atoms with van der Waals surface area (Å²) in [6, 6.07) is 8.15. The lowest BCUT2D eigenvalue weighted by molar-refractivity contribution is 0.255. The zero-order valence-electron chi connectivity index (χ0n) is 10.8. The summed E-state index contributed by atoms with van der Waals surface area (Å²) >= 11 is 1.94. The van der Waals surface area contributed by atoms with E-state index in [-0.39, 0.29) is 0 Å². The largest absolute Gasteiger partial charge is 0.490 e. The Balaban J connectivity index is 1.82. The third-order valence-electron chi connectivity index (χ3n) is 3.14. The zero-order valence-corrected chi connectivity index (χ0v) is 11.6. The number of hydrogen-bond acceptors (Lipinski definition) is 4. The van der Waals surface area contributed by atoms with E-state index in [9.17, 15) is 0 Å². The number of ether oxygens (including phenoxy) is 2. The molecule has 1 heterocycles. The number of nitrogens with two attached hydrogens (primary N) is 1. The summed E-state index contributed by atoms with van der Waals surface area (Å²) in [6.07, 6.45) is 1.02. The van der Waals surface area contributed by atoms with Gasteiger partial charge in [-0.15, -0.1) is 0 Å². The molecule has 0 spiro atoms. The van der Waals surface area contributed by atoms with E-state index in [2.05, 4.69) is 0 Å². The zero-order chi connectivity index (χ0) is 12.8. The fourth-order valence-electron chi connectivity index (χ4n) is 2.08. The van der Waals surface area contributed by atoms with E-state index in [1.54, 1.807) is 0 Å². The predicted molar refractivity (Wildman–Crippen MR) is 76.5 cm³/mol. The topological polar surface area (TPSA) is 44.5 Å². The first-order valence-corrected chi connectivity index (χ1v) is 7.64. The number of hydrogen-bond donors (Lipinski definition) is 1. The van der Waals surface area contributed by atoms with Crippen molar-refractivity contribution in [3.63, 3.8) is 0 Å². The van der Waals surface area contributed by atoms with Crippen LogP contribution in [0.2, 0.25) is 0 Å². The normalized spacial score (nSPS) is 23.0. The van der Waals surface area contributed by atoms with Crippen LogP contribution in [0.3, 0.4) is 0 Å². The van der Waals surface area contributed by atoms with Crippen molar-refractivity contribution in [3.8, 4) is 11.5 Å². The predicted octanol–water partition coefficient (Wildman–Crippen LogP) is 2.54. The molecule has 0 saturated carbocycles. The first kappa shape index (κ1) is 13.6. The molecule has 2 rings (SSSR count). The van der Waals surface area contributed by atoms with Gasteiger partial charge in [0.1, 0.15) is 0 Å². The van der Waals surface area contributed by atoms with Crippen molar-refractivity contribution in [2.75, 3.05) is 24.7 Å². The van der Waals surface area contributed by atoms with Gasteiger partial charge in [0.25, 0.3) is 0 Å². The Bertz CT molecular complexity index is 373. The molecule has 1 aliphatic rings. The van der Waals surface area contributed by atoms with Gasteiger partial charge in [0, 0.05) is 11.8 Å². The molecule has 1 aromatic carbocycles. The second kappa shape index (κ2) is 6.90. The molecule has 0 aromatic heterocycles. The lowest BCUT2D eigenvalue weighted by atomic mass is 10.0. The van der Waals surface area contributed by atoms with Gasteiger partial charge in [-0.1, -0.05) is 12.1 Å². The molecule has 100 valence electrons. The molecule has 4 heteroatoms. The van der Waals surface area contributed by atoms with Crippen LogP contribution in [0.25, 0.3) is 0 Å². The van der Waals surface area contributed by atoms with Crippen LogP contribution in [-0.4, -0.2) is 30.8 Å². The summed E-state index contributed by atoms with van der Waals surface area (Å²) in [4.78, 5) is 0. The lowest BCUT2D eigenvalue weighted by Crippen LogP contribution is -2.29. The average molecular weight is 267 g/mol. The molecule has 0 amide bonds. The van der Waals surface area contributed by atoms with Gasteiger partial charge in [-0.05, 0) is 37.1 Å². The Morgan fingerprint density at radius 3 is 2.56 bits per heavy atom. The van der Waals surface area contributed by atoms with Crippen molar-refractivity contribution in [1.82, 2.24) is 0 Å². The first-order chi connectivity index (χ1) is 8.81. The highest BCUT2D eigenvalue weighted by Crippen LogP contribution is 2.28. The van der Waals surface area contributed by atoms with Gasteiger partial charge in [0.2, 0.25) is 0 Å². The molecule has 2 atom stereocenters. The van der Waals surface area contributed by atoms with Crippen LogP contribution in [0.5, 0.6) is 11.5 Å². The van der Waals surface area contributed by atoms with Crippen LogP contribution < -0.4 is 15.2 Å². The summed E-state index contributed by atoms with van der Waals surface area (Å²) in [5.41, 5.74) is 6.03. The standard InChI is InChI=1S/C14H21NO2S/c1-2-16-13-5-3-4-6-14(13)17-8-7-11-9-18-10-12(11)15/h3-6,11-12H,2,7-10,15H2,1H3. The molecule has 0 radical (unpaired) electrons. The quantitative estimate of drug-likeness (QED) is 0.860. The molecule has 1 aliphatic heterocycles. The van der Waals surface area contributed by atoms with Crippen molar-refractivity contribution in [3.05, 3.63) is 24.3 Å². The van der Waals surface area contributed by atoms with E-state index >= 15 is 0 Å². The maximum atomic E-state index is 6.03. The van der Waals surface area contributed by atoms with Gasteiger partial charge in [-0.3, -0.25) is 0 Å². The second-order valence-electron chi connectivity index (χ2n) is 4.48. The Kier molecular flexibility index (Phi) is 5.20. The molecule has 2 unspecified atom stereocenters. The summed E-state index contributed by atoms with van der Waals surface area (Å²) in [5.74, 6) is 4.50. The molecule has 2 N–H and O–H groups in total. The SMILES string of the molecule is CCOc1ccccc1OCCC1CSCC1N. The Labute approximate surface area is 113 Å². The van der Waals surface area contributed by atoms with E-state index in [4.69, 9.17) is 15.2 Å². The molecule has 1 aromatic rings.